The van der Waals surface area contributed by atoms with E-state index in [0.29, 0.717) is 23.8 Å². The molecule has 0 radical (unpaired) electrons. The lowest BCUT2D eigenvalue weighted by Gasteiger charge is -2.35. The number of amides is 1. The Kier molecular flexibility index (Phi) is 8.76. The number of hydrogen-bond donors (Lipinski definition) is 1. The molecule has 3 rings (SSSR count). The highest BCUT2D eigenvalue weighted by molar-refractivity contribution is 5.86. The summed E-state index contributed by atoms with van der Waals surface area (Å²) in [6.07, 6.45) is 6.20. The number of ether oxygens (including phenoxy) is 3. The molecule has 2 unspecified atom stereocenters. The second kappa shape index (κ2) is 12.0. The van der Waals surface area contributed by atoms with Crippen molar-refractivity contribution in [3.8, 4) is 11.5 Å². The van der Waals surface area contributed by atoms with Gasteiger partial charge in [-0.3, -0.25) is 10.1 Å². The molecule has 2 aromatic rings. The van der Waals surface area contributed by atoms with Crippen LogP contribution in [0.15, 0.2) is 54.6 Å². The molecule has 1 saturated heterocycles. The molecule has 1 aliphatic rings. The first kappa shape index (κ1) is 22.7. The minimum absolute atomic E-state index is 0.0280. The van der Waals surface area contributed by atoms with Crippen LogP contribution in [0.4, 0.5) is 10.5 Å². The lowest BCUT2D eigenvalue weighted by atomic mass is 9.88. The molecule has 6 heteroatoms. The molecule has 0 saturated carbocycles. The topological polar surface area (TPSA) is 73.9 Å². The van der Waals surface area contributed by atoms with Crippen LogP contribution in [0, 0.1) is 5.92 Å². The third-order valence-corrected chi connectivity index (χ3v) is 5.35. The van der Waals surface area contributed by atoms with Crippen molar-refractivity contribution in [1.82, 2.24) is 0 Å². The minimum Gasteiger partial charge on any atom is -0.461 e. The molecule has 0 bridgehead atoms. The fourth-order valence-electron chi connectivity index (χ4n) is 3.61. The van der Waals surface area contributed by atoms with Crippen molar-refractivity contribution in [3.05, 3.63) is 54.6 Å². The third kappa shape index (κ3) is 7.02. The minimum atomic E-state index is -0.517. The summed E-state index contributed by atoms with van der Waals surface area (Å²) in [4.78, 5) is 23.8. The Labute approximate surface area is 183 Å². The maximum Gasteiger partial charge on any atom is 0.411 e. The van der Waals surface area contributed by atoms with E-state index < -0.39 is 6.09 Å². The number of nitrogens with one attached hydrogen (secondary N) is 1. The van der Waals surface area contributed by atoms with Gasteiger partial charge in [-0.05, 0) is 49.9 Å². The van der Waals surface area contributed by atoms with Gasteiger partial charge in [-0.15, -0.1) is 0 Å². The maximum absolute atomic E-state index is 12.2. The first-order valence-electron chi connectivity index (χ1n) is 11.1. The van der Waals surface area contributed by atoms with Gasteiger partial charge in [0.25, 0.3) is 0 Å². The highest BCUT2D eigenvalue weighted by Gasteiger charge is 2.40. The summed E-state index contributed by atoms with van der Waals surface area (Å²) in [5.74, 6) is 1.23. The van der Waals surface area contributed by atoms with Gasteiger partial charge in [-0.1, -0.05) is 56.5 Å². The normalized spacial score (nSPS) is 17.4. The van der Waals surface area contributed by atoms with Crippen molar-refractivity contribution in [3.63, 3.8) is 0 Å². The Morgan fingerprint density at radius 1 is 0.968 bits per heavy atom. The van der Waals surface area contributed by atoms with Crippen LogP contribution in [-0.4, -0.2) is 24.8 Å². The van der Waals surface area contributed by atoms with Crippen molar-refractivity contribution < 1.29 is 23.8 Å². The molecule has 2 atom stereocenters. The van der Waals surface area contributed by atoms with E-state index >= 15 is 0 Å². The number of esters is 1. The van der Waals surface area contributed by atoms with Crippen molar-refractivity contribution in [1.29, 1.82) is 0 Å². The Bertz CT molecular complexity index is 839. The van der Waals surface area contributed by atoms with Crippen LogP contribution in [-0.2, 0) is 14.3 Å². The summed E-state index contributed by atoms with van der Waals surface area (Å²) < 4.78 is 16.4. The molecule has 0 spiro atoms. The smallest absolute Gasteiger partial charge is 0.411 e. The Morgan fingerprint density at radius 3 is 2.48 bits per heavy atom. The van der Waals surface area contributed by atoms with E-state index in [-0.39, 0.29) is 18.0 Å². The predicted molar refractivity (Wildman–Crippen MR) is 119 cm³/mol. The van der Waals surface area contributed by atoms with E-state index in [9.17, 15) is 9.59 Å². The highest BCUT2D eigenvalue weighted by atomic mass is 16.6. The maximum atomic E-state index is 12.2. The first-order chi connectivity index (χ1) is 15.2. The molecule has 31 heavy (non-hydrogen) atoms. The zero-order valence-corrected chi connectivity index (χ0v) is 18.0. The van der Waals surface area contributed by atoms with Crippen LogP contribution < -0.4 is 10.1 Å². The van der Waals surface area contributed by atoms with E-state index in [1.807, 2.05) is 42.5 Å². The fourth-order valence-corrected chi connectivity index (χ4v) is 3.61. The predicted octanol–water partition coefficient (Wildman–Crippen LogP) is 6.32. The molecular formula is C25H31NO5. The third-order valence-electron chi connectivity index (χ3n) is 5.35. The number of hydrogen-bond acceptors (Lipinski definition) is 5. The molecule has 1 N–H and O–H groups in total. The molecule has 1 aliphatic heterocycles. The summed E-state index contributed by atoms with van der Waals surface area (Å²) >= 11 is 0. The highest BCUT2D eigenvalue weighted by Crippen LogP contribution is 2.31. The number of anilines is 1. The standard InChI is InChI=1S/C25H31NO5/c1-2-3-5-14-20-22(31-24(20)27)16-10-11-18-29-25(28)26-21-15-8-9-17-23(21)30-19-12-6-4-7-13-19/h4,6-9,12-13,15,17,20,22H,2-3,5,10-11,14,16,18H2,1H3,(H,26,28). The van der Waals surface area contributed by atoms with Crippen molar-refractivity contribution >= 4 is 17.7 Å². The average Bonchev–Trinajstić information content (AvgIpc) is 2.77. The monoisotopic (exact) mass is 425 g/mol. The Balaban J connectivity index is 1.35. The van der Waals surface area contributed by atoms with Gasteiger partial charge in [0, 0.05) is 0 Å². The van der Waals surface area contributed by atoms with Gasteiger partial charge in [0.15, 0.2) is 5.75 Å². The van der Waals surface area contributed by atoms with Crippen LogP contribution in [0.25, 0.3) is 0 Å². The van der Waals surface area contributed by atoms with Gasteiger partial charge in [0.2, 0.25) is 0 Å². The number of unbranched alkanes of at least 4 members (excludes halogenated alkanes) is 3. The lowest BCUT2D eigenvalue weighted by Crippen LogP contribution is -2.44. The Hall–Kier alpha value is -3.02. The van der Waals surface area contributed by atoms with Gasteiger partial charge in [0.05, 0.1) is 18.2 Å². The van der Waals surface area contributed by atoms with Crippen LogP contribution >= 0.6 is 0 Å². The van der Waals surface area contributed by atoms with Crippen molar-refractivity contribution in [2.45, 2.75) is 58.0 Å². The largest absolute Gasteiger partial charge is 0.461 e. The van der Waals surface area contributed by atoms with Gasteiger partial charge in [0.1, 0.15) is 11.9 Å². The summed E-state index contributed by atoms with van der Waals surface area (Å²) in [6, 6.07) is 16.6. The average molecular weight is 426 g/mol. The summed E-state index contributed by atoms with van der Waals surface area (Å²) in [5, 5.41) is 2.74. The van der Waals surface area contributed by atoms with E-state index in [4.69, 9.17) is 14.2 Å². The van der Waals surface area contributed by atoms with E-state index in [1.54, 1.807) is 12.1 Å². The van der Waals surface area contributed by atoms with Crippen molar-refractivity contribution in [2.24, 2.45) is 5.92 Å². The molecule has 0 aromatic heterocycles. The molecule has 0 aliphatic carbocycles. The van der Waals surface area contributed by atoms with Gasteiger partial charge >= 0.3 is 12.1 Å². The first-order valence-corrected chi connectivity index (χ1v) is 11.1. The number of cyclic esters (lactones) is 1. The second-order valence-electron chi connectivity index (χ2n) is 7.75. The van der Waals surface area contributed by atoms with Gasteiger partial charge in [-0.25, -0.2) is 4.79 Å². The van der Waals surface area contributed by atoms with Crippen LogP contribution in [0.2, 0.25) is 0 Å². The number of para-hydroxylation sites is 3. The lowest BCUT2D eigenvalue weighted by molar-refractivity contribution is -0.186. The van der Waals surface area contributed by atoms with Crippen LogP contribution in [0.1, 0.15) is 51.9 Å². The molecule has 1 amide bonds. The van der Waals surface area contributed by atoms with Gasteiger partial charge < -0.3 is 14.2 Å². The van der Waals surface area contributed by atoms with Crippen molar-refractivity contribution in [2.75, 3.05) is 11.9 Å². The SMILES string of the molecule is CCCCCC1C(=O)OC1CCCCOC(=O)Nc1ccccc1Oc1ccccc1. The summed E-state index contributed by atoms with van der Waals surface area (Å²) in [6.45, 7) is 2.47. The van der Waals surface area contributed by atoms with E-state index in [2.05, 4.69) is 12.2 Å². The molecule has 6 nitrogen and oxygen atoms in total. The summed E-state index contributed by atoms with van der Waals surface area (Å²) in [5.41, 5.74) is 0.549. The molecule has 1 fully saturated rings. The van der Waals surface area contributed by atoms with Gasteiger partial charge in [-0.2, -0.15) is 0 Å². The van der Waals surface area contributed by atoms with Crippen LogP contribution in [0.3, 0.4) is 0 Å². The Morgan fingerprint density at radius 2 is 1.71 bits per heavy atom. The number of rotatable bonds is 12. The summed E-state index contributed by atoms with van der Waals surface area (Å²) in [7, 11) is 0. The molecule has 166 valence electrons. The molecule has 1 heterocycles. The quantitative estimate of drug-likeness (QED) is 0.318. The number of carbonyl (C=O) groups is 2. The number of benzene rings is 2. The fraction of sp³-hybridized carbons (Fsp3) is 0.440. The van der Waals surface area contributed by atoms with Crippen LogP contribution in [0.5, 0.6) is 11.5 Å². The zero-order chi connectivity index (χ0) is 21.9. The van der Waals surface area contributed by atoms with E-state index in [1.165, 1.54) is 0 Å². The number of carbonyl (C=O) groups excluding carboxylic acids is 2. The zero-order valence-electron chi connectivity index (χ0n) is 18.0. The molecule has 2 aromatic carbocycles. The second-order valence-corrected chi connectivity index (χ2v) is 7.75. The van der Waals surface area contributed by atoms with E-state index in [0.717, 1.165) is 44.9 Å². The molecular weight excluding hydrogens is 394 g/mol.